The first kappa shape index (κ1) is 13.0. The molecule has 0 fully saturated rings. The summed E-state index contributed by atoms with van der Waals surface area (Å²) in [7, 11) is 1.87. The van der Waals surface area contributed by atoms with E-state index in [1.165, 1.54) is 38.5 Å². The summed E-state index contributed by atoms with van der Waals surface area (Å²) in [5.74, 6) is 0. The van der Waals surface area contributed by atoms with Crippen LogP contribution in [0.1, 0.15) is 65.7 Å². The van der Waals surface area contributed by atoms with E-state index in [4.69, 9.17) is 4.65 Å². The molecule has 0 aromatic rings. The van der Waals surface area contributed by atoms with Crippen LogP contribution < -0.4 is 0 Å². The van der Waals surface area contributed by atoms with Gasteiger partial charge in [0.05, 0.1) is 5.60 Å². The zero-order chi connectivity index (χ0) is 10.2. The Bertz CT molecular complexity index is 101. The molecule has 0 aliphatic carbocycles. The van der Waals surface area contributed by atoms with E-state index in [1.54, 1.807) is 0 Å². The molecule has 0 spiro atoms. The smallest absolute Gasteiger partial charge is 0.258 e. The Hall–Kier alpha value is 0.0249. The van der Waals surface area contributed by atoms with Gasteiger partial charge in [-0.05, 0) is 19.3 Å². The van der Waals surface area contributed by atoms with Gasteiger partial charge in [0, 0.05) is 0 Å². The second-order valence-electron chi connectivity index (χ2n) is 3.95. The van der Waals surface area contributed by atoms with E-state index in [2.05, 4.69) is 20.8 Å². The van der Waals surface area contributed by atoms with E-state index < -0.39 is 0 Å². The van der Waals surface area contributed by atoms with Gasteiger partial charge in [-0.2, -0.15) is 0 Å². The minimum absolute atomic E-state index is 0.187. The van der Waals surface area contributed by atoms with Crippen molar-refractivity contribution in [1.82, 2.24) is 0 Å². The molecule has 0 saturated carbocycles. The van der Waals surface area contributed by atoms with Gasteiger partial charge < -0.3 is 4.65 Å². The predicted octanol–water partition coefficient (Wildman–Crippen LogP) is 3.08. The summed E-state index contributed by atoms with van der Waals surface area (Å²) in [6.45, 7) is 6.74. The van der Waals surface area contributed by atoms with Gasteiger partial charge in [0.2, 0.25) is 0 Å². The highest BCUT2D eigenvalue weighted by atomic mass is 16.4. The fourth-order valence-corrected chi connectivity index (χ4v) is 1.82. The maximum atomic E-state index is 5.69. The highest BCUT2D eigenvalue weighted by Gasteiger charge is 2.24. The Morgan fingerprint density at radius 3 is 1.69 bits per heavy atom. The van der Waals surface area contributed by atoms with Crippen LogP contribution in [0.2, 0.25) is 0 Å². The lowest BCUT2D eigenvalue weighted by Gasteiger charge is -2.32. The Morgan fingerprint density at radius 2 is 1.46 bits per heavy atom. The highest BCUT2D eigenvalue weighted by molar-refractivity contribution is 5.98. The number of rotatable bonds is 8. The third-order valence-electron chi connectivity index (χ3n) is 3.05. The van der Waals surface area contributed by atoms with Crippen LogP contribution in [0, 0.1) is 0 Å². The molecule has 0 unspecified atom stereocenters. The zero-order valence-electron chi connectivity index (χ0n) is 9.86. The zero-order valence-corrected chi connectivity index (χ0v) is 9.86. The molecule has 0 aromatic carbocycles. The van der Waals surface area contributed by atoms with E-state index >= 15 is 0 Å². The third-order valence-corrected chi connectivity index (χ3v) is 3.05. The van der Waals surface area contributed by atoms with E-state index in [0.29, 0.717) is 0 Å². The van der Waals surface area contributed by atoms with Gasteiger partial charge in [0.15, 0.2) is 0 Å². The summed E-state index contributed by atoms with van der Waals surface area (Å²) in [5.41, 5.74) is 0.187. The molecule has 0 heterocycles. The van der Waals surface area contributed by atoms with E-state index in [1.807, 2.05) is 8.05 Å². The Morgan fingerprint density at radius 1 is 1.00 bits per heavy atom. The second-order valence-corrected chi connectivity index (χ2v) is 3.95. The normalized spacial score (nSPS) is 11.9. The standard InChI is InChI=1S/C11H25BO/c1-4-7-9-11(6-3,13-12)10-8-5-2/h4-10,12H2,1-3H3. The summed E-state index contributed by atoms with van der Waals surface area (Å²) in [6, 6.07) is 0. The number of hydrogen-bond donors (Lipinski definition) is 0. The molecule has 0 saturated heterocycles. The van der Waals surface area contributed by atoms with Crippen LogP contribution in [-0.2, 0) is 4.65 Å². The first-order valence-corrected chi connectivity index (χ1v) is 5.79. The van der Waals surface area contributed by atoms with Gasteiger partial charge in [-0.25, -0.2) is 0 Å². The summed E-state index contributed by atoms with van der Waals surface area (Å²) in [6.07, 6.45) is 8.77. The van der Waals surface area contributed by atoms with Crippen LogP contribution in [-0.4, -0.2) is 13.7 Å². The second kappa shape index (κ2) is 7.43. The third kappa shape index (κ3) is 4.71. The van der Waals surface area contributed by atoms with E-state index in [9.17, 15) is 0 Å². The molecule has 0 aromatic heterocycles. The van der Waals surface area contributed by atoms with Crippen molar-refractivity contribution in [2.75, 3.05) is 0 Å². The van der Waals surface area contributed by atoms with Crippen molar-refractivity contribution in [3.8, 4) is 0 Å². The predicted molar refractivity (Wildman–Crippen MR) is 61.7 cm³/mol. The fraction of sp³-hybridized carbons (Fsp3) is 1.00. The van der Waals surface area contributed by atoms with Crippen molar-refractivity contribution in [2.45, 2.75) is 71.3 Å². The fourth-order valence-electron chi connectivity index (χ4n) is 1.82. The molecule has 0 radical (unpaired) electrons. The lowest BCUT2D eigenvalue weighted by atomic mass is 9.87. The molecule has 0 atom stereocenters. The van der Waals surface area contributed by atoms with Gasteiger partial charge in [0.1, 0.15) is 0 Å². The maximum absolute atomic E-state index is 5.69. The lowest BCUT2D eigenvalue weighted by Crippen LogP contribution is -2.31. The average molecular weight is 184 g/mol. The summed E-state index contributed by atoms with van der Waals surface area (Å²) in [5, 5.41) is 0. The summed E-state index contributed by atoms with van der Waals surface area (Å²) < 4.78 is 5.69. The van der Waals surface area contributed by atoms with Crippen molar-refractivity contribution in [1.29, 1.82) is 0 Å². The summed E-state index contributed by atoms with van der Waals surface area (Å²) in [4.78, 5) is 0. The van der Waals surface area contributed by atoms with Crippen molar-refractivity contribution in [3.05, 3.63) is 0 Å². The largest absolute Gasteiger partial charge is 0.439 e. The van der Waals surface area contributed by atoms with Crippen LogP contribution in [0.25, 0.3) is 0 Å². The minimum atomic E-state index is 0.187. The van der Waals surface area contributed by atoms with Crippen LogP contribution in [0.15, 0.2) is 0 Å². The van der Waals surface area contributed by atoms with Crippen molar-refractivity contribution in [3.63, 3.8) is 0 Å². The molecule has 0 rings (SSSR count). The molecule has 1 nitrogen and oxygen atoms in total. The first-order valence-electron chi connectivity index (χ1n) is 5.79. The maximum Gasteiger partial charge on any atom is 0.258 e. The Balaban J connectivity index is 3.97. The molecule has 0 bridgehead atoms. The number of hydrogen-bond acceptors (Lipinski definition) is 1. The first-order chi connectivity index (χ1) is 6.24. The lowest BCUT2D eigenvalue weighted by molar-refractivity contribution is 0.0512. The summed E-state index contributed by atoms with van der Waals surface area (Å²) >= 11 is 0. The van der Waals surface area contributed by atoms with Gasteiger partial charge in [-0.3, -0.25) is 0 Å². The van der Waals surface area contributed by atoms with Gasteiger partial charge >= 0.3 is 0 Å². The molecule has 2 heteroatoms. The molecule has 0 amide bonds. The molecule has 0 aliphatic heterocycles. The highest BCUT2D eigenvalue weighted by Crippen LogP contribution is 2.28. The minimum Gasteiger partial charge on any atom is -0.439 e. The van der Waals surface area contributed by atoms with Crippen molar-refractivity contribution < 1.29 is 4.65 Å². The Kier molecular flexibility index (Phi) is 7.45. The molecular weight excluding hydrogens is 159 g/mol. The van der Waals surface area contributed by atoms with Crippen molar-refractivity contribution in [2.24, 2.45) is 0 Å². The topological polar surface area (TPSA) is 9.23 Å². The van der Waals surface area contributed by atoms with Crippen LogP contribution >= 0.6 is 0 Å². The molecule has 13 heavy (non-hydrogen) atoms. The van der Waals surface area contributed by atoms with Crippen LogP contribution in [0.3, 0.4) is 0 Å². The SMILES string of the molecule is BOC(CC)(CCCC)CCCC. The van der Waals surface area contributed by atoms with Gasteiger partial charge in [-0.1, -0.05) is 46.5 Å². The molecule has 78 valence electrons. The van der Waals surface area contributed by atoms with E-state index in [-0.39, 0.29) is 5.60 Å². The molecule has 0 aliphatic rings. The van der Waals surface area contributed by atoms with Gasteiger partial charge in [0.25, 0.3) is 8.05 Å². The molecule has 0 N–H and O–H groups in total. The van der Waals surface area contributed by atoms with Crippen LogP contribution in [0.5, 0.6) is 0 Å². The number of unbranched alkanes of at least 4 members (excludes halogenated alkanes) is 2. The Labute approximate surface area is 84.7 Å². The van der Waals surface area contributed by atoms with Crippen molar-refractivity contribution >= 4 is 8.05 Å². The quantitative estimate of drug-likeness (QED) is 0.526. The monoisotopic (exact) mass is 184 g/mol. The molecular formula is C11H25BO. The average Bonchev–Trinajstić information content (AvgIpc) is 2.20. The van der Waals surface area contributed by atoms with E-state index in [0.717, 1.165) is 6.42 Å². The van der Waals surface area contributed by atoms with Crippen LogP contribution in [0.4, 0.5) is 0 Å². The van der Waals surface area contributed by atoms with Gasteiger partial charge in [-0.15, -0.1) is 0 Å².